The van der Waals surface area contributed by atoms with Gasteiger partial charge in [-0.3, -0.25) is 14.9 Å². The predicted molar refractivity (Wildman–Crippen MR) is 109 cm³/mol. The third-order valence-corrected chi connectivity index (χ3v) is 5.00. The first-order chi connectivity index (χ1) is 16.0. The van der Waals surface area contributed by atoms with E-state index in [4.69, 9.17) is 12.6 Å². The molecule has 9 heteroatoms. The van der Waals surface area contributed by atoms with E-state index >= 15 is 0 Å². The van der Waals surface area contributed by atoms with E-state index in [1.807, 2.05) is 0 Å². The van der Waals surface area contributed by atoms with Gasteiger partial charge in [0, 0.05) is 6.54 Å². The molecule has 30 heavy (non-hydrogen) atoms. The maximum absolute atomic E-state index is 13.2. The minimum Gasteiger partial charge on any atom is -1.00 e. The number of aliphatic carboxylic acids is 2. The third-order valence-electron chi connectivity index (χ3n) is 5.00. The van der Waals surface area contributed by atoms with Crippen molar-refractivity contribution in [3.8, 4) is 0 Å². The summed E-state index contributed by atoms with van der Waals surface area (Å²) in [5, 5.41) is 22.0. The number of nitrogens with zero attached hydrogens (tertiary/aromatic N) is 1. The number of carbonyl (C=O) groups is 3. The monoisotopic (exact) mass is 434 g/mol. The molecule has 1 aromatic carbocycles. The van der Waals surface area contributed by atoms with Gasteiger partial charge in [-0.15, -0.1) is 0 Å². The van der Waals surface area contributed by atoms with Crippen LogP contribution < -0.4 is 40.6 Å². The quantitative estimate of drug-likeness (QED) is 0.229. The number of rotatable bonds is 12. The maximum atomic E-state index is 13.2. The van der Waals surface area contributed by atoms with Crippen molar-refractivity contribution in [1.82, 2.24) is 10.2 Å². The molecule has 0 unspecified atom stereocenters. The number of hydrogen-bond donors (Lipinski definition) is 4. The first kappa shape index (κ1) is 19.3. The van der Waals surface area contributed by atoms with Crippen LogP contribution in [-0.2, 0) is 20.8 Å². The molecule has 8 nitrogen and oxygen atoms in total. The summed E-state index contributed by atoms with van der Waals surface area (Å²) in [5.41, 5.74) is 5.53. The molecule has 1 amide bonds. The molecule has 1 heterocycles. The number of unbranched alkanes of at least 4 members (excludes halogenated alkanes) is 1. The van der Waals surface area contributed by atoms with Gasteiger partial charge >= 0.3 is 41.5 Å². The van der Waals surface area contributed by atoms with E-state index in [9.17, 15) is 24.6 Å². The van der Waals surface area contributed by atoms with Gasteiger partial charge in [0.25, 0.3) is 0 Å². The fourth-order valence-electron chi connectivity index (χ4n) is 3.47. The first-order valence-electron chi connectivity index (χ1n) is 12.3. The van der Waals surface area contributed by atoms with Gasteiger partial charge < -0.3 is 22.3 Å². The van der Waals surface area contributed by atoms with Crippen molar-refractivity contribution in [3.05, 3.63) is 35.8 Å². The van der Waals surface area contributed by atoms with Crippen molar-refractivity contribution in [2.45, 2.75) is 63.1 Å². The van der Waals surface area contributed by atoms with Gasteiger partial charge in [-0.1, -0.05) is 36.6 Å². The van der Waals surface area contributed by atoms with E-state index in [-0.39, 0.29) is 62.4 Å². The van der Waals surface area contributed by atoms with Crippen LogP contribution in [0.1, 0.15) is 52.4 Å². The molecule has 1 aliphatic heterocycles. The molecule has 1 aliphatic rings. The van der Waals surface area contributed by atoms with E-state index in [0.29, 0.717) is 32.2 Å². The number of nitrogens with one attached hydrogen (secondary N) is 1. The van der Waals surface area contributed by atoms with E-state index < -0.39 is 66.2 Å². The molecule has 3 atom stereocenters. The Bertz CT molecular complexity index is 913. The zero-order chi connectivity index (χ0) is 25.6. The standard InChI is InChI=1S/C21H31N3O5.Na.H/c22-13-5-4-9-16(19(25)24-14-6-10-18(24)21(28)29)23-17(20(26)27)12-11-15-7-2-1-3-8-15;;/h1-3,7-8,16-18,23H,4-6,9-14,22H2,(H,26,27)(H,28,29);;/q;+1;-1/t16-,17+,18+;;/m0../s1/i1D,2D,3D,7D,8D;;. The second kappa shape index (κ2) is 13.8. The second-order valence-corrected chi connectivity index (χ2v) is 7.06. The molecule has 0 saturated carbocycles. The Labute approximate surface area is 208 Å². The van der Waals surface area contributed by atoms with Gasteiger partial charge in [-0.25, -0.2) is 4.79 Å². The minimum atomic E-state index is -1.26. The van der Waals surface area contributed by atoms with Crippen LogP contribution in [-0.4, -0.2) is 64.2 Å². The minimum absolute atomic E-state index is 0. The van der Waals surface area contributed by atoms with Crippen LogP contribution in [0, 0.1) is 0 Å². The summed E-state index contributed by atoms with van der Waals surface area (Å²) in [6.07, 6.45) is 2.01. The normalized spacial score (nSPS) is 20.1. The van der Waals surface area contributed by atoms with E-state index in [1.54, 1.807) is 0 Å². The van der Waals surface area contributed by atoms with Crippen LogP contribution in [0.3, 0.4) is 0 Å². The fourth-order valence-corrected chi connectivity index (χ4v) is 3.47. The van der Waals surface area contributed by atoms with Gasteiger partial charge in [0.1, 0.15) is 12.1 Å². The molecular formula is C21H32N3NaO5. The van der Waals surface area contributed by atoms with Gasteiger partial charge in [-0.05, 0) is 50.6 Å². The largest absolute Gasteiger partial charge is 1.00 e. The van der Waals surface area contributed by atoms with Crippen molar-refractivity contribution in [3.63, 3.8) is 0 Å². The van der Waals surface area contributed by atoms with E-state index in [2.05, 4.69) is 5.32 Å². The fraction of sp³-hybridized carbons (Fsp3) is 0.571. The van der Waals surface area contributed by atoms with Crippen LogP contribution in [0.25, 0.3) is 0 Å². The number of amides is 1. The van der Waals surface area contributed by atoms with Crippen LogP contribution in [0.15, 0.2) is 30.2 Å². The number of carbonyl (C=O) groups excluding carboxylic acids is 1. The molecule has 0 aliphatic carbocycles. The van der Waals surface area contributed by atoms with E-state index in [0.717, 1.165) is 0 Å². The molecule has 5 N–H and O–H groups in total. The number of likely N-dealkylation sites (tertiary alicyclic amines) is 1. The molecular weight excluding hydrogens is 397 g/mol. The molecule has 0 spiro atoms. The summed E-state index contributed by atoms with van der Waals surface area (Å²) < 4.78 is 39.2. The Morgan fingerprint density at radius 2 is 1.90 bits per heavy atom. The number of benzene rings is 1. The molecule has 1 aromatic rings. The average molecular weight is 435 g/mol. The van der Waals surface area contributed by atoms with Crippen molar-refractivity contribution >= 4 is 17.8 Å². The second-order valence-electron chi connectivity index (χ2n) is 7.06. The Balaban J connectivity index is 0.00000612. The number of carboxylic acids is 2. The SMILES string of the molecule is [2H]c1c([2H])c([2H])c(CC[C@@H](N[C@@H](CCCCN)C(=O)N2CCC[C@@H]2C(=O)O)C(=O)O)c([2H])c1[2H].[H-].[Na+]. The molecule has 1 saturated heterocycles. The molecule has 162 valence electrons. The van der Waals surface area contributed by atoms with Gasteiger partial charge in [0.2, 0.25) is 5.91 Å². The first-order valence-corrected chi connectivity index (χ1v) is 9.79. The number of carboxylic acid groups (broad SMARTS) is 2. The van der Waals surface area contributed by atoms with Crippen molar-refractivity contribution in [2.75, 3.05) is 13.1 Å². The van der Waals surface area contributed by atoms with Crippen molar-refractivity contribution in [1.29, 1.82) is 0 Å². The Kier molecular flexibility index (Phi) is 8.84. The smallest absolute Gasteiger partial charge is 1.00 e. The van der Waals surface area contributed by atoms with Gasteiger partial charge in [-0.2, -0.15) is 0 Å². The summed E-state index contributed by atoms with van der Waals surface area (Å²) in [7, 11) is 0. The number of nitrogens with two attached hydrogens (primary N) is 1. The summed E-state index contributed by atoms with van der Waals surface area (Å²) in [5.74, 6) is -2.86. The van der Waals surface area contributed by atoms with Crippen LogP contribution >= 0.6 is 0 Å². The van der Waals surface area contributed by atoms with Gasteiger partial charge in [0.05, 0.1) is 12.9 Å². The van der Waals surface area contributed by atoms with Crippen molar-refractivity contribution in [2.24, 2.45) is 5.73 Å². The molecule has 0 bridgehead atoms. The molecule has 0 aromatic heterocycles. The summed E-state index contributed by atoms with van der Waals surface area (Å²) >= 11 is 0. The average Bonchev–Trinajstić information content (AvgIpc) is 3.29. The molecule has 2 rings (SSSR count). The summed E-state index contributed by atoms with van der Waals surface area (Å²) in [6, 6.07) is -5.49. The predicted octanol–water partition coefficient (Wildman–Crippen LogP) is -1.65. The Morgan fingerprint density at radius 3 is 2.50 bits per heavy atom. The number of hydrogen-bond acceptors (Lipinski definition) is 5. The zero-order valence-electron chi connectivity index (χ0n) is 23.2. The molecule has 1 fully saturated rings. The van der Waals surface area contributed by atoms with Gasteiger partial charge in [0.15, 0.2) is 0 Å². The Hall–Kier alpha value is -1.45. The zero-order valence-corrected chi connectivity index (χ0v) is 19.2. The topological polar surface area (TPSA) is 133 Å². The summed E-state index contributed by atoms with van der Waals surface area (Å²) in [4.78, 5) is 37.9. The van der Waals surface area contributed by atoms with Crippen LogP contribution in [0.4, 0.5) is 0 Å². The van der Waals surface area contributed by atoms with Crippen molar-refractivity contribution < 1.29 is 62.4 Å². The van der Waals surface area contributed by atoms with Crippen LogP contribution in [0.5, 0.6) is 0 Å². The third kappa shape index (κ3) is 8.00. The molecule has 0 radical (unpaired) electrons. The van der Waals surface area contributed by atoms with Crippen LogP contribution in [0.2, 0.25) is 0 Å². The maximum Gasteiger partial charge on any atom is 1.00 e. The summed E-state index contributed by atoms with van der Waals surface area (Å²) in [6.45, 7) is 0.658. The van der Waals surface area contributed by atoms with E-state index in [1.165, 1.54) is 4.90 Å². The Morgan fingerprint density at radius 1 is 1.20 bits per heavy atom.